The molecule has 0 spiro atoms. The molecule has 1 aliphatic heterocycles. The van der Waals surface area contributed by atoms with E-state index in [0.29, 0.717) is 17.9 Å². The Morgan fingerprint density at radius 1 is 0.865 bits per heavy atom. The summed E-state index contributed by atoms with van der Waals surface area (Å²) in [6.07, 6.45) is 1.49. The molecule has 1 N–H and O–H groups in total. The van der Waals surface area contributed by atoms with Gasteiger partial charge in [0.15, 0.2) is 0 Å². The maximum atomic E-state index is 13.2. The molecular weight excluding hydrogens is 762 g/mol. The molecule has 0 radical (unpaired) electrons. The van der Waals surface area contributed by atoms with E-state index in [1.807, 2.05) is 30.3 Å². The molecule has 4 aromatic rings. The lowest BCUT2D eigenvalue weighted by Crippen LogP contribution is -2.54. The number of barbiturate groups is 1. The molecule has 1 fully saturated rings. The molecule has 1 aliphatic rings. The third-order valence-electron chi connectivity index (χ3n) is 5.72. The Balaban J connectivity index is 1.39. The van der Waals surface area contributed by atoms with Gasteiger partial charge in [0.1, 0.15) is 17.9 Å². The molecular formula is C28H17BrI2N2O4. The highest BCUT2D eigenvalue weighted by Crippen LogP contribution is 2.32. The maximum Gasteiger partial charge on any atom is 0.335 e. The van der Waals surface area contributed by atoms with Crippen molar-refractivity contribution in [2.24, 2.45) is 0 Å². The van der Waals surface area contributed by atoms with E-state index in [1.54, 1.807) is 24.3 Å². The van der Waals surface area contributed by atoms with Crippen molar-refractivity contribution in [2.75, 3.05) is 4.90 Å². The summed E-state index contributed by atoms with van der Waals surface area (Å²) >= 11 is 7.70. The molecule has 184 valence electrons. The third-order valence-corrected chi connectivity index (χ3v) is 7.85. The van der Waals surface area contributed by atoms with E-state index in [4.69, 9.17) is 4.74 Å². The van der Waals surface area contributed by atoms with Gasteiger partial charge in [0.2, 0.25) is 0 Å². The summed E-state index contributed by atoms with van der Waals surface area (Å²) in [5, 5.41) is 4.58. The van der Waals surface area contributed by atoms with E-state index in [2.05, 4.69) is 90.7 Å². The van der Waals surface area contributed by atoms with Crippen LogP contribution in [0.1, 0.15) is 11.1 Å². The predicted molar refractivity (Wildman–Crippen MR) is 163 cm³/mol. The van der Waals surface area contributed by atoms with Crippen molar-refractivity contribution in [3.05, 3.63) is 107 Å². The van der Waals surface area contributed by atoms with Crippen molar-refractivity contribution in [1.29, 1.82) is 0 Å². The molecule has 37 heavy (non-hydrogen) atoms. The number of amides is 4. The first-order valence-electron chi connectivity index (χ1n) is 11.1. The van der Waals surface area contributed by atoms with Gasteiger partial charge in [0.25, 0.3) is 11.8 Å². The van der Waals surface area contributed by atoms with Gasteiger partial charge in [0.05, 0.1) is 12.8 Å². The maximum absolute atomic E-state index is 13.2. The monoisotopic (exact) mass is 778 g/mol. The van der Waals surface area contributed by atoms with Gasteiger partial charge in [-0.3, -0.25) is 14.9 Å². The second-order valence-electron chi connectivity index (χ2n) is 8.22. The fourth-order valence-electron chi connectivity index (χ4n) is 3.93. The highest BCUT2D eigenvalue weighted by Gasteiger charge is 2.36. The first-order chi connectivity index (χ1) is 17.8. The minimum Gasteiger partial charge on any atom is -0.487 e. The quantitative estimate of drug-likeness (QED) is 0.134. The molecule has 0 saturated carbocycles. The minimum absolute atomic E-state index is 0.126. The zero-order chi connectivity index (χ0) is 26.1. The number of carbonyl (C=O) groups excluding carboxylic acids is 3. The molecule has 0 aliphatic carbocycles. The summed E-state index contributed by atoms with van der Waals surface area (Å²) in [7, 11) is 0. The van der Waals surface area contributed by atoms with Crippen molar-refractivity contribution in [3.8, 4) is 5.75 Å². The Morgan fingerprint density at radius 2 is 1.54 bits per heavy atom. The van der Waals surface area contributed by atoms with Gasteiger partial charge in [0, 0.05) is 4.47 Å². The first-order valence-corrected chi connectivity index (χ1v) is 14.0. The van der Waals surface area contributed by atoms with Crippen LogP contribution in [-0.4, -0.2) is 17.8 Å². The normalized spacial score (nSPS) is 14.8. The fraction of sp³-hybridized carbons (Fsp3) is 0.0357. The van der Waals surface area contributed by atoms with E-state index in [9.17, 15) is 14.4 Å². The molecule has 0 unspecified atom stereocenters. The van der Waals surface area contributed by atoms with Gasteiger partial charge in [-0.1, -0.05) is 52.3 Å². The van der Waals surface area contributed by atoms with Crippen LogP contribution in [-0.2, 0) is 16.2 Å². The Labute approximate surface area is 248 Å². The van der Waals surface area contributed by atoms with Crippen LogP contribution in [0.5, 0.6) is 5.75 Å². The summed E-state index contributed by atoms with van der Waals surface area (Å²) in [6, 6.07) is 24.0. The average Bonchev–Trinajstić information content (AvgIpc) is 2.87. The van der Waals surface area contributed by atoms with Crippen molar-refractivity contribution in [1.82, 2.24) is 5.32 Å². The Kier molecular flexibility index (Phi) is 7.63. The summed E-state index contributed by atoms with van der Waals surface area (Å²) in [4.78, 5) is 39.1. The summed E-state index contributed by atoms with van der Waals surface area (Å²) < 4.78 is 8.63. The van der Waals surface area contributed by atoms with E-state index in [0.717, 1.165) is 33.2 Å². The number of urea groups is 1. The van der Waals surface area contributed by atoms with Crippen molar-refractivity contribution in [2.45, 2.75) is 6.61 Å². The van der Waals surface area contributed by atoms with Crippen molar-refractivity contribution in [3.63, 3.8) is 0 Å². The van der Waals surface area contributed by atoms with E-state index in [-0.39, 0.29) is 5.57 Å². The lowest BCUT2D eigenvalue weighted by Gasteiger charge is -2.26. The van der Waals surface area contributed by atoms with Crippen LogP contribution in [0.2, 0.25) is 0 Å². The number of rotatable bonds is 5. The number of hydrogen-bond acceptors (Lipinski definition) is 4. The van der Waals surface area contributed by atoms with E-state index in [1.165, 1.54) is 11.5 Å². The summed E-state index contributed by atoms with van der Waals surface area (Å²) in [6.45, 7) is 0.405. The van der Waals surface area contributed by atoms with Crippen LogP contribution < -0.4 is 15.0 Å². The zero-order valence-corrected chi connectivity index (χ0v) is 24.9. The Bertz CT molecular complexity index is 1580. The van der Waals surface area contributed by atoms with Crippen LogP contribution in [0, 0.1) is 7.14 Å². The Hall–Kier alpha value is -2.77. The molecule has 4 aromatic carbocycles. The molecule has 0 aromatic heterocycles. The van der Waals surface area contributed by atoms with E-state index >= 15 is 0 Å². The third kappa shape index (κ3) is 5.58. The summed E-state index contributed by atoms with van der Waals surface area (Å²) in [5.74, 6) is -0.690. The van der Waals surface area contributed by atoms with Gasteiger partial charge in [-0.05, 0) is 116 Å². The van der Waals surface area contributed by atoms with Crippen molar-refractivity contribution >= 4 is 101 Å². The van der Waals surface area contributed by atoms with Crippen LogP contribution in [0.3, 0.4) is 0 Å². The van der Waals surface area contributed by atoms with Crippen LogP contribution in [0.25, 0.3) is 16.8 Å². The number of hydrogen-bond donors (Lipinski definition) is 1. The van der Waals surface area contributed by atoms with E-state index < -0.39 is 17.8 Å². The van der Waals surface area contributed by atoms with Crippen LogP contribution in [0.15, 0.2) is 88.9 Å². The largest absolute Gasteiger partial charge is 0.487 e. The molecule has 4 amide bonds. The summed E-state index contributed by atoms with van der Waals surface area (Å²) in [5.41, 5.74) is 1.94. The topological polar surface area (TPSA) is 75.7 Å². The smallest absolute Gasteiger partial charge is 0.335 e. The number of anilines is 1. The number of fused-ring (bicyclic) bond motifs is 1. The number of carbonyl (C=O) groups is 3. The number of halogens is 3. The highest BCUT2D eigenvalue weighted by molar-refractivity contribution is 14.1. The lowest BCUT2D eigenvalue weighted by atomic mass is 10.1. The molecule has 1 saturated heterocycles. The standard InChI is InChI=1S/C28H17BrI2N2O4/c29-20-7-9-21(10-8-20)33-27(35)22(26(34)32-28(33)36)12-17-13-23(30)25(24(31)14-17)37-15-16-5-6-18-3-1-2-4-19(18)11-16/h1-14H,15H2,(H,32,34,36)/b22-12+. The van der Waals surface area contributed by atoms with Gasteiger partial charge in [-0.25, -0.2) is 9.69 Å². The second-order valence-corrected chi connectivity index (χ2v) is 11.5. The SMILES string of the molecule is O=C1NC(=O)N(c2ccc(Br)cc2)C(=O)/C1=C/c1cc(I)c(OCc2ccc3ccccc3c2)c(I)c1. The van der Waals surface area contributed by atoms with Gasteiger partial charge in [-0.2, -0.15) is 0 Å². The average molecular weight is 779 g/mol. The number of ether oxygens (including phenoxy) is 1. The molecule has 0 bridgehead atoms. The number of imide groups is 2. The molecule has 0 atom stereocenters. The first kappa shape index (κ1) is 25.9. The highest BCUT2D eigenvalue weighted by atomic mass is 127. The van der Waals surface area contributed by atoms with Crippen LogP contribution >= 0.6 is 61.1 Å². The van der Waals surface area contributed by atoms with Gasteiger partial charge in [-0.15, -0.1) is 0 Å². The second kappa shape index (κ2) is 10.9. The molecule has 5 rings (SSSR count). The number of nitrogens with one attached hydrogen (secondary N) is 1. The number of nitrogens with zero attached hydrogens (tertiary/aromatic N) is 1. The molecule has 6 nitrogen and oxygen atoms in total. The van der Waals surface area contributed by atoms with Crippen molar-refractivity contribution < 1.29 is 19.1 Å². The minimum atomic E-state index is -0.781. The van der Waals surface area contributed by atoms with Gasteiger partial charge >= 0.3 is 6.03 Å². The predicted octanol–water partition coefficient (Wildman–Crippen LogP) is 7.06. The molecule has 1 heterocycles. The zero-order valence-electron chi connectivity index (χ0n) is 19.0. The lowest BCUT2D eigenvalue weighted by molar-refractivity contribution is -0.122. The van der Waals surface area contributed by atoms with Gasteiger partial charge < -0.3 is 4.74 Å². The molecule has 9 heteroatoms. The Morgan fingerprint density at radius 3 is 2.24 bits per heavy atom. The number of benzene rings is 4. The van der Waals surface area contributed by atoms with Crippen LogP contribution in [0.4, 0.5) is 10.5 Å². The fourth-order valence-corrected chi connectivity index (χ4v) is 6.33.